The summed E-state index contributed by atoms with van der Waals surface area (Å²) in [4.78, 5) is 27.9. The predicted molar refractivity (Wildman–Crippen MR) is 125 cm³/mol. The number of nitrogens with zero attached hydrogens (tertiary/aromatic N) is 1. The summed E-state index contributed by atoms with van der Waals surface area (Å²) in [5, 5.41) is 11.9. The van der Waals surface area contributed by atoms with Crippen molar-refractivity contribution >= 4 is 40.6 Å². The molecular formula is C25H17F3N2O3S. The second kappa shape index (κ2) is 9.56. The van der Waals surface area contributed by atoms with Crippen LogP contribution < -0.4 is 5.32 Å². The molecule has 3 aromatic carbocycles. The van der Waals surface area contributed by atoms with E-state index in [4.69, 9.17) is 5.11 Å². The van der Waals surface area contributed by atoms with Crippen LogP contribution in [0.1, 0.15) is 16.7 Å². The van der Waals surface area contributed by atoms with Crippen molar-refractivity contribution in [1.29, 1.82) is 0 Å². The molecule has 1 heterocycles. The van der Waals surface area contributed by atoms with E-state index in [0.29, 0.717) is 26.9 Å². The van der Waals surface area contributed by atoms with Gasteiger partial charge in [0, 0.05) is 0 Å². The Morgan fingerprint density at radius 3 is 2.09 bits per heavy atom. The number of amides is 1. The molecule has 5 nitrogen and oxygen atoms in total. The molecule has 1 saturated heterocycles. The number of thioether (sulfide) groups is 1. The van der Waals surface area contributed by atoms with Crippen molar-refractivity contribution in [2.75, 3.05) is 0 Å². The van der Waals surface area contributed by atoms with Gasteiger partial charge in [-0.25, -0.2) is 4.99 Å². The minimum Gasteiger partial charge on any atom is -0.481 e. The third-order valence-corrected chi connectivity index (χ3v) is 5.84. The molecule has 0 saturated carbocycles. The Morgan fingerprint density at radius 1 is 0.941 bits per heavy atom. The van der Waals surface area contributed by atoms with Crippen LogP contribution in [-0.2, 0) is 22.2 Å². The predicted octanol–water partition coefficient (Wildman–Crippen LogP) is 5.89. The lowest BCUT2D eigenvalue weighted by molar-refractivity contribution is -0.138. The molecule has 1 aliphatic heterocycles. The molecule has 1 fully saturated rings. The number of aliphatic imine (C=N–C) groups is 1. The zero-order valence-electron chi connectivity index (χ0n) is 17.5. The maximum Gasteiger partial charge on any atom is 0.416 e. The Labute approximate surface area is 197 Å². The van der Waals surface area contributed by atoms with Gasteiger partial charge in [0.2, 0.25) is 0 Å². The summed E-state index contributed by atoms with van der Waals surface area (Å²) in [6, 6.07) is 18.8. The van der Waals surface area contributed by atoms with Crippen LogP contribution in [-0.4, -0.2) is 22.2 Å². The van der Waals surface area contributed by atoms with Crippen LogP contribution in [0.2, 0.25) is 0 Å². The highest BCUT2D eigenvalue weighted by Crippen LogP contribution is 2.32. The summed E-state index contributed by atoms with van der Waals surface area (Å²) in [6.45, 7) is 0. The number of rotatable bonds is 5. The molecule has 0 bridgehead atoms. The lowest BCUT2D eigenvalue weighted by Gasteiger charge is -2.08. The summed E-state index contributed by atoms with van der Waals surface area (Å²) in [5.41, 5.74) is 2.71. The third-order valence-electron chi connectivity index (χ3n) is 4.93. The smallest absolute Gasteiger partial charge is 0.416 e. The minimum atomic E-state index is -4.37. The molecule has 0 radical (unpaired) electrons. The summed E-state index contributed by atoms with van der Waals surface area (Å²) in [7, 11) is 0. The van der Waals surface area contributed by atoms with E-state index >= 15 is 0 Å². The van der Waals surface area contributed by atoms with Crippen LogP contribution in [0.4, 0.5) is 18.9 Å². The number of carbonyl (C=O) groups is 2. The first-order valence-corrected chi connectivity index (χ1v) is 10.9. The second-order valence-electron chi connectivity index (χ2n) is 7.42. The third kappa shape index (κ3) is 5.74. The van der Waals surface area contributed by atoms with Gasteiger partial charge in [0.15, 0.2) is 5.17 Å². The Morgan fingerprint density at radius 2 is 1.53 bits per heavy atom. The first kappa shape index (κ1) is 23.3. The summed E-state index contributed by atoms with van der Waals surface area (Å²) in [6.07, 6.45) is -2.75. The quantitative estimate of drug-likeness (QED) is 0.445. The SMILES string of the molecule is O=C(O)Cc1ccc(N=C2NC(=O)C(=Cc3ccc(-c4ccc(C(F)(F)F)cc4)cc3)S2)cc1. The molecule has 1 amide bonds. The molecule has 0 aliphatic carbocycles. The van der Waals surface area contributed by atoms with Gasteiger partial charge >= 0.3 is 12.1 Å². The molecule has 0 spiro atoms. The molecule has 1 aliphatic rings. The van der Waals surface area contributed by atoms with E-state index in [1.807, 2.05) is 0 Å². The van der Waals surface area contributed by atoms with Gasteiger partial charge in [0.05, 0.1) is 22.6 Å². The van der Waals surface area contributed by atoms with Gasteiger partial charge in [-0.2, -0.15) is 13.2 Å². The van der Waals surface area contributed by atoms with E-state index in [0.717, 1.165) is 23.3 Å². The number of hydrogen-bond donors (Lipinski definition) is 2. The van der Waals surface area contributed by atoms with Crippen molar-refractivity contribution in [1.82, 2.24) is 5.32 Å². The summed E-state index contributed by atoms with van der Waals surface area (Å²) >= 11 is 1.18. The molecule has 172 valence electrons. The Balaban J connectivity index is 1.45. The average molecular weight is 482 g/mol. The first-order valence-electron chi connectivity index (χ1n) is 10.1. The van der Waals surface area contributed by atoms with E-state index in [-0.39, 0.29) is 12.3 Å². The van der Waals surface area contributed by atoms with Gasteiger partial charge in [-0.05, 0) is 64.4 Å². The van der Waals surface area contributed by atoms with Crippen molar-refractivity contribution in [3.05, 3.63) is 94.4 Å². The van der Waals surface area contributed by atoms with Crippen molar-refractivity contribution in [3.8, 4) is 11.1 Å². The Kier molecular flexibility index (Phi) is 6.56. The van der Waals surface area contributed by atoms with Gasteiger partial charge in [0.1, 0.15) is 0 Å². The molecular weight excluding hydrogens is 465 g/mol. The van der Waals surface area contributed by atoms with Crippen molar-refractivity contribution in [2.24, 2.45) is 4.99 Å². The topological polar surface area (TPSA) is 78.8 Å². The van der Waals surface area contributed by atoms with Gasteiger partial charge < -0.3 is 10.4 Å². The zero-order valence-corrected chi connectivity index (χ0v) is 18.3. The van der Waals surface area contributed by atoms with E-state index in [9.17, 15) is 22.8 Å². The highest BCUT2D eigenvalue weighted by molar-refractivity contribution is 8.18. The number of aliphatic carboxylic acids is 1. The van der Waals surface area contributed by atoms with Gasteiger partial charge in [-0.15, -0.1) is 0 Å². The number of hydrogen-bond acceptors (Lipinski definition) is 4. The van der Waals surface area contributed by atoms with Crippen LogP contribution in [0.15, 0.2) is 82.7 Å². The summed E-state index contributed by atoms with van der Waals surface area (Å²) < 4.78 is 38.2. The molecule has 0 aromatic heterocycles. The van der Waals surface area contributed by atoms with Crippen LogP contribution in [0.25, 0.3) is 17.2 Å². The van der Waals surface area contributed by atoms with Crippen LogP contribution >= 0.6 is 11.8 Å². The summed E-state index contributed by atoms with van der Waals surface area (Å²) in [5.74, 6) is -1.21. The van der Waals surface area contributed by atoms with Crippen LogP contribution in [0.5, 0.6) is 0 Å². The maximum atomic E-state index is 12.7. The second-order valence-corrected chi connectivity index (χ2v) is 8.45. The van der Waals surface area contributed by atoms with Gasteiger partial charge in [-0.3, -0.25) is 9.59 Å². The van der Waals surface area contributed by atoms with Gasteiger partial charge in [0.25, 0.3) is 5.91 Å². The average Bonchev–Trinajstić information content (AvgIpc) is 3.13. The van der Waals surface area contributed by atoms with E-state index in [1.165, 1.54) is 23.9 Å². The molecule has 0 unspecified atom stereocenters. The molecule has 34 heavy (non-hydrogen) atoms. The lowest BCUT2D eigenvalue weighted by Crippen LogP contribution is -2.19. The van der Waals surface area contributed by atoms with Crippen LogP contribution in [0, 0.1) is 0 Å². The minimum absolute atomic E-state index is 0.0765. The fraction of sp³-hybridized carbons (Fsp3) is 0.0800. The zero-order chi connectivity index (χ0) is 24.3. The standard InChI is InChI=1S/C25H17F3N2O3S/c26-25(27,28)19-9-7-18(8-10-19)17-5-1-15(2-6-17)13-21-23(33)30-24(34-21)29-20-11-3-16(4-12-20)14-22(31)32/h1-13H,14H2,(H,31,32)(H,29,30,33). The fourth-order valence-corrected chi connectivity index (χ4v) is 4.08. The highest BCUT2D eigenvalue weighted by atomic mass is 32.2. The van der Waals surface area contributed by atoms with E-state index < -0.39 is 17.7 Å². The lowest BCUT2D eigenvalue weighted by atomic mass is 10.0. The number of nitrogens with one attached hydrogen (secondary N) is 1. The number of carbonyl (C=O) groups excluding carboxylic acids is 1. The number of halogens is 3. The fourth-order valence-electron chi connectivity index (χ4n) is 3.24. The number of carboxylic acid groups (broad SMARTS) is 1. The van der Waals surface area contributed by atoms with Crippen molar-refractivity contribution < 1.29 is 27.9 Å². The molecule has 4 rings (SSSR count). The number of alkyl halides is 3. The van der Waals surface area contributed by atoms with Crippen molar-refractivity contribution in [2.45, 2.75) is 12.6 Å². The number of benzene rings is 3. The highest BCUT2D eigenvalue weighted by Gasteiger charge is 2.30. The van der Waals surface area contributed by atoms with Crippen molar-refractivity contribution in [3.63, 3.8) is 0 Å². The first-order chi connectivity index (χ1) is 16.2. The van der Waals surface area contributed by atoms with Crippen LogP contribution in [0.3, 0.4) is 0 Å². The van der Waals surface area contributed by atoms with E-state index in [1.54, 1.807) is 54.6 Å². The maximum absolute atomic E-state index is 12.7. The number of carboxylic acids is 1. The Bertz CT molecular complexity index is 1280. The Hall–Kier alpha value is -3.85. The molecule has 3 aromatic rings. The molecule has 2 N–H and O–H groups in total. The molecule has 9 heteroatoms. The number of amidine groups is 1. The van der Waals surface area contributed by atoms with E-state index in [2.05, 4.69) is 10.3 Å². The normalized spacial score (nSPS) is 16.1. The van der Waals surface area contributed by atoms with Gasteiger partial charge in [-0.1, -0.05) is 48.5 Å². The monoisotopic (exact) mass is 482 g/mol. The largest absolute Gasteiger partial charge is 0.481 e. The molecule has 0 atom stereocenters.